The van der Waals surface area contributed by atoms with Crippen molar-refractivity contribution in [2.75, 3.05) is 0 Å². The first-order valence-corrected chi connectivity index (χ1v) is 22.0. The molecule has 7 aliphatic rings. The standard InChI is InChI=1S/C54H40Br2N4/c55-53-45-7-5-9-47(53)43-27-19-39(20-28-43)33-59-36-60(52-14-4-3-13-51(52)59)34-40-21-29-44(30-22-40)48-10-6-8-46(54(48)56)42-25-17-38(18-26-42)32-58-35-57(49-11-1-2-12-50(49)58)31-37-15-23-41(45)24-16-37/h1-30,35-36H,31-34H2/q+2. The van der Waals surface area contributed by atoms with Gasteiger partial charge in [-0.3, -0.25) is 0 Å². The lowest BCUT2D eigenvalue weighted by Gasteiger charge is -2.12. The number of nitrogens with zero attached hydrogens (tertiary/aromatic N) is 4. The zero-order valence-corrected chi connectivity index (χ0v) is 36.0. The fourth-order valence-electron chi connectivity index (χ4n) is 8.89. The van der Waals surface area contributed by atoms with Crippen LogP contribution in [0.15, 0.2) is 204 Å². The summed E-state index contributed by atoms with van der Waals surface area (Å²) in [4.78, 5) is 0. The third-order valence-electron chi connectivity index (χ3n) is 12.0. The highest BCUT2D eigenvalue weighted by molar-refractivity contribution is 9.11. The van der Waals surface area contributed by atoms with Gasteiger partial charge in [0.15, 0.2) is 22.1 Å². The maximum atomic E-state index is 4.02. The summed E-state index contributed by atoms with van der Waals surface area (Å²) < 4.78 is 11.7. The Hall–Kier alpha value is -6.34. The van der Waals surface area contributed by atoms with E-state index in [-0.39, 0.29) is 0 Å². The predicted molar refractivity (Wildman–Crippen MR) is 251 cm³/mol. The van der Waals surface area contributed by atoms with Gasteiger partial charge in [-0.1, -0.05) is 158 Å². The number of halogens is 2. The second-order valence-electron chi connectivity index (χ2n) is 15.8. The van der Waals surface area contributed by atoms with Gasteiger partial charge in [-0.25, -0.2) is 18.3 Å². The molecule has 2 aromatic heterocycles. The number of fused-ring (bicyclic) bond motifs is 2. The van der Waals surface area contributed by atoms with E-state index in [4.69, 9.17) is 0 Å². The monoisotopic (exact) mass is 902 g/mol. The van der Waals surface area contributed by atoms with Crippen molar-refractivity contribution in [2.24, 2.45) is 0 Å². The van der Waals surface area contributed by atoms with Crippen molar-refractivity contribution in [3.8, 4) is 44.5 Å². The van der Waals surface area contributed by atoms with Crippen LogP contribution in [0.4, 0.5) is 0 Å². The fourth-order valence-corrected chi connectivity index (χ4v) is 10.3. The third kappa shape index (κ3) is 6.80. The summed E-state index contributed by atoms with van der Waals surface area (Å²) in [5.41, 5.74) is 19.4. The first-order valence-electron chi connectivity index (χ1n) is 20.4. The average molecular weight is 905 g/mol. The van der Waals surface area contributed by atoms with Crippen LogP contribution in [0.5, 0.6) is 0 Å². The van der Waals surface area contributed by atoms with Gasteiger partial charge in [-0.05, 0) is 123 Å². The van der Waals surface area contributed by atoms with Crippen molar-refractivity contribution >= 4 is 53.9 Å². The summed E-state index contributed by atoms with van der Waals surface area (Å²) in [6.07, 6.45) is 4.53. The lowest BCUT2D eigenvalue weighted by molar-refractivity contribution is -0.663. The van der Waals surface area contributed by atoms with E-state index in [0.29, 0.717) is 0 Å². The van der Waals surface area contributed by atoms with Crippen LogP contribution in [0.1, 0.15) is 22.3 Å². The minimum Gasteiger partial charge on any atom is -0.226 e. The molecule has 0 saturated heterocycles. The van der Waals surface area contributed by atoms with Crippen LogP contribution >= 0.6 is 31.9 Å². The van der Waals surface area contributed by atoms with Gasteiger partial charge in [0.2, 0.25) is 12.7 Å². The number of benzene rings is 8. The van der Waals surface area contributed by atoms with Gasteiger partial charge in [-0.15, -0.1) is 0 Å². The molecule has 4 nitrogen and oxygen atoms in total. The van der Waals surface area contributed by atoms with E-state index in [9.17, 15) is 0 Å². The molecule has 16 bridgehead atoms. The highest BCUT2D eigenvalue weighted by atomic mass is 79.9. The minimum atomic E-state index is 0.784. The summed E-state index contributed by atoms with van der Waals surface area (Å²) in [6.45, 7) is 3.14. The van der Waals surface area contributed by atoms with Crippen LogP contribution in [0, 0.1) is 0 Å². The summed E-state index contributed by atoms with van der Waals surface area (Å²) in [5, 5.41) is 0. The molecule has 0 spiro atoms. The van der Waals surface area contributed by atoms with E-state index in [1.807, 2.05) is 0 Å². The van der Waals surface area contributed by atoms with E-state index in [0.717, 1.165) is 35.1 Å². The Morgan fingerprint density at radius 1 is 0.333 bits per heavy atom. The number of aromatic nitrogens is 4. The molecule has 0 fully saturated rings. The van der Waals surface area contributed by atoms with E-state index < -0.39 is 0 Å². The maximum Gasteiger partial charge on any atom is 0.245 e. The summed E-state index contributed by atoms with van der Waals surface area (Å²) >= 11 is 8.04. The molecule has 0 aliphatic carbocycles. The summed E-state index contributed by atoms with van der Waals surface area (Å²) in [6, 6.07) is 66.7. The number of rotatable bonds is 0. The van der Waals surface area contributed by atoms with Crippen molar-refractivity contribution in [1.82, 2.24) is 9.13 Å². The molecule has 10 aromatic rings. The minimum absolute atomic E-state index is 0.784. The van der Waals surface area contributed by atoms with Crippen molar-refractivity contribution in [3.63, 3.8) is 0 Å². The third-order valence-corrected chi connectivity index (χ3v) is 13.7. The van der Waals surface area contributed by atoms with Gasteiger partial charge >= 0.3 is 0 Å². The summed E-state index contributed by atoms with van der Waals surface area (Å²) in [5.74, 6) is 0. The molecule has 17 rings (SSSR count). The van der Waals surface area contributed by atoms with Gasteiger partial charge < -0.3 is 0 Å². The van der Waals surface area contributed by atoms with Gasteiger partial charge in [0, 0.05) is 8.95 Å². The van der Waals surface area contributed by atoms with Crippen LogP contribution in [-0.4, -0.2) is 9.13 Å². The first kappa shape index (κ1) is 36.7. The normalized spacial score (nSPS) is 12.6. The molecule has 7 aliphatic heterocycles. The van der Waals surface area contributed by atoms with E-state index >= 15 is 0 Å². The fraction of sp³-hybridized carbons (Fsp3) is 0.0741. The van der Waals surface area contributed by atoms with Crippen LogP contribution < -0.4 is 9.13 Å². The number of imidazole rings is 2. The molecule has 288 valence electrons. The number of para-hydroxylation sites is 4. The topological polar surface area (TPSA) is 17.6 Å². The molecule has 60 heavy (non-hydrogen) atoms. The molecular formula is C54H40Br2N4+2. The smallest absolute Gasteiger partial charge is 0.226 e. The van der Waals surface area contributed by atoms with Gasteiger partial charge in [0.05, 0.1) is 0 Å². The molecule has 9 heterocycles. The Morgan fingerprint density at radius 3 is 1.00 bits per heavy atom. The predicted octanol–water partition coefficient (Wildman–Crippen LogP) is 12.9. The maximum absolute atomic E-state index is 4.02. The van der Waals surface area contributed by atoms with Gasteiger partial charge in [0.1, 0.15) is 26.2 Å². The van der Waals surface area contributed by atoms with Crippen LogP contribution in [-0.2, 0) is 26.2 Å². The first-order chi connectivity index (χ1) is 29.5. The van der Waals surface area contributed by atoms with Crippen LogP contribution in [0.3, 0.4) is 0 Å². The zero-order chi connectivity index (χ0) is 40.2. The lowest BCUT2D eigenvalue weighted by atomic mass is 9.97. The molecule has 0 atom stereocenters. The van der Waals surface area contributed by atoms with E-state index in [1.165, 1.54) is 88.8 Å². The largest absolute Gasteiger partial charge is 0.245 e. The molecular weight excluding hydrogens is 864 g/mol. The molecule has 0 saturated carbocycles. The van der Waals surface area contributed by atoms with Gasteiger partial charge in [0.25, 0.3) is 0 Å². The van der Waals surface area contributed by atoms with Crippen molar-refractivity contribution in [3.05, 3.63) is 226 Å². The van der Waals surface area contributed by atoms with E-state index in [1.54, 1.807) is 0 Å². The van der Waals surface area contributed by atoms with Crippen molar-refractivity contribution < 1.29 is 9.13 Å². The Balaban J connectivity index is 0.993. The second kappa shape index (κ2) is 15.4. The Labute approximate surface area is 366 Å². The van der Waals surface area contributed by atoms with Gasteiger partial charge in [-0.2, -0.15) is 0 Å². The lowest BCUT2D eigenvalue weighted by Crippen LogP contribution is -2.32. The van der Waals surface area contributed by atoms with Crippen molar-refractivity contribution in [1.29, 1.82) is 0 Å². The van der Waals surface area contributed by atoms with Crippen LogP contribution in [0.2, 0.25) is 0 Å². The molecule has 0 radical (unpaired) electrons. The molecule has 8 aromatic carbocycles. The average Bonchev–Trinajstić information content (AvgIpc) is 3.81. The Bertz CT molecular complexity index is 2770. The van der Waals surface area contributed by atoms with Crippen molar-refractivity contribution in [2.45, 2.75) is 26.2 Å². The van der Waals surface area contributed by atoms with Crippen LogP contribution in [0.25, 0.3) is 66.6 Å². The molecule has 0 unspecified atom stereocenters. The zero-order valence-electron chi connectivity index (χ0n) is 32.8. The SMILES string of the molecule is Brc1c2cccc1-c1ccc(cc1)Cn1c[n+](c3ccccc31)Cc1ccc(cc1)-c1cccc(c1Br)-c1ccc(cc1)C[n+]1cn(c3ccccc31)Cc1ccc-2cc1. The van der Waals surface area contributed by atoms with E-state index in [2.05, 4.69) is 245 Å². The Kier molecular flexibility index (Phi) is 9.40. The number of hydrogen-bond acceptors (Lipinski definition) is 0. The molecule has 0 amide bonds. The number of hydrogen-bond donors (Lipinski definition) is 0. The molecule has 6 heteroatoms. The second-order valence-corrected chi connectivity index (χ2v) is 17.4. The highest BCUT2D eigenvalue weighted by Gasteiger charge is 2.19. The molecule has 0 N–H and O–H groups in total. The Morgan fingerprint density at radius 2 is 0.650 bits per heavy atom. The summed E-state index contributed by atoms with van der Waals surface area (Å²) in [7, 11) is 0. The highest BCUT2D eigenvalue weighted by Crippen LogP contribution is 2.38. The quantitative estimate of drug-likeness (QED) is 0.135.